The molecule has 1 aliphatic rings. The molecule has 176 valence electrons. The molecule has 0 saturated carbocycles. The highest BCUT2D eigenvalue weighted by Crippen LogP contribution is 2.30. The second kappa shape index (κ2) is 9.69. The second-order valence-electron chi connectivity index (χ2n) is 8.81. The smallest absolute Gasteiger partial charge is 0.412 e. The van der Waals surface area contributed by atoms with Crippen LogP contribution in [0.15, 0.2) is 53.8 Å². The number of allylic oxidation sites excluding steroid dienone is 1. The Morgan fingerprint density at radius 2 is 2.03 bits per heavy atom. The van der Waals surface area contributed by atoms with Crippen molar-refractivity contribution in [2.24, 2.45) is 4.99 Å². The number of benzene rings is 1. The summed E-state index contributed by atoms with van der Waals surface area (Å²) in [7, 11) is 0. The minimum Gasteiger partial charge on any atom is -0.455 e. The molecule has 34 heavy (non-hydrogen) atoms. The van der Waals surface area contributed by atoms with Crippen LogP contribution in [0.2, 0.25) is 5.02 Å². The number of nitrogens with zero attached hydrogens (tertiary/aromatic N) is 2. The first-order valence-electron chi connectivity index (χ1n) is 10.8. The lowest BCUT2D eigenvalue weighted by atomic mass is 9.97. The lowest BCUT2D eigenvalue weighted by Crippen LogP contribution is -2.30. The van der Waals surface area contributed by atoms with Crippen LogP contribution in [0.4, 0.5) is 10.5 Å². The summed E-state index contributed by atoms with van der Waals surface area (Å²) >= 11 is 6.11. The molecule has 9 heteroatoms. The molecule has 0 saturated heterocycles. The number of anilines is 1. The summed E-state index contributed by atoms with van der Waals surface area (Å²) in [5.41, 5.74) is 3.46. The molecule has 0 fully saturated rings. The monoisotopic (exact) mass is 480 g/mol. The minimum absolute atomic E-state index is 0.0518. The van der Waals surface area contributed by atoms with E-state index in [-0.39, 0.29) is 6.61 Å². The van der Waals surface area contributed by atoms with Gasteiger partial charge in [0.15, 0.2) is 0 Å². The van der Waals surface area contributed by atoms with Crippen molar-refractivity contribution in [2.75, 3.05) is 11.9 Å². The van der Waals surface area contributed by atoms with Crippen LogP contribution in [0.3, 0.4) is 0 Å². The van der Waals surface area contributed by atoms with E-state index in [1.54, 1.807) is 18.3 Å². The molecule has 0 radical (unpaired) electrons. The Hall–Kier alpha value is -3.65. The van der Waals surface area contributed by atoms with Gasteiger partial charge < -0.3 is 14.5 Å². The van der Waals surface area contributed by atoms with Crippen molar-refractivity contribution in [3.8, 4) is 0 Å². The molecule has 0 unspecified atom stereocenters. The normalized spacial score (nSPS) is 13.8. The number of amides is 1. The van der Waals surface area contributed by atoms with Crippen molar-refractivity contribution in [3.05, 3.63) is 65.0 Å². The second-order valence-corrected chi connectivity index (χ2v) is 9.22. The molecular weight excluding hydrogens is 456 g/mol. The standard InChI is InChI=1S/C25H25ClN4O4/c1-25(2,3)34-23(31)21-10-15(8-9-27-21)19-13-29-22-18(19)11-17(12-28-22)30-24(32)33-14-16-6-4-5-7-20(16)26/h4-8,11-13H,9-10,14H2,1-3H3,(H,28,29)(H,30,32). The van der Waals surface area contributed by atoms with E-state index in [1.807, 2.05) is 51.2 Å². The van der Waals surface area contributed by atoms with E-state index in [0.29, 0.717) is 40.6 Å². The van der Waals surface area contributed by atoms with Crippen LogP contribution < -0.4 is 5.32 Å². The number of nitrogens with one attached hydrogen (secondary N) is 2. The fraction of sp³-hybridized carbons (Fsp3) is 0.280. The van der Waals surface area contributed by atoms with Gasteiger partial charge in [-0.3, -0.25) is 10.3 Å². The molecule has 1 amide bonds. The maximum Gasteiger partial charge on any atom is 0.412 e. The molecule has 2 aromatic heterocycles. The van der Waals surface area contributed by atoms with Crippen molar-refractivity contribution in [1.29, 1.82) is 0 Å². The van der Waals surface area contributed by atoms with Crippen molar-refractivity contribution < 1.29 is 19.1 Å². The number of aliphatic imine (C=N–C) groups is 1. The van der Waals surface area contributed by atoms with Crippen LogP contribution in [0.1, 0.15) is 38.3 Å². The number of fused-ring (bicyclic) bond motifs is 1. The SMILES string of the molecule is CC(C)(C)OC(=O)C1=NCC=C(c2c[nH]c3ncc(NC(=O)OCc4ccccc4Cl)cc23)C1. The summed E-state index contributed by atoms with van der Waals surface area (Å²) in [5, 5.41) is 4.04. The van der Waals surface area contributed by atoms with Gasteiger partial charge in [0.1, 0.15) is 23.6 Å². The predicted molar refractivity (Wildman–Crippen MR) is 132 cm³/mol. The Bertz CT molecular complexity index is 1300. The first-order chi connectivity index (χ1) is 16.2. The maximum absolute atomic E-state index is 12.5. The number of rotatable bonds is 5. The van der Waals surface area contributed by atoms with E-state index < -0.39 is 17.7 Å². The van der Waals surface area contributed by atoms with Gasteiger partial charge in [-0.1, -0.05) is 35.9 Å². The summed E-state index contributed by atoms with van der Waals surface area (Å²) in [6.07, 6.45) is 5.08. The van der Waals surface area contributed by atoms with Crippen molar-refractivity contribution in [2.45, 2.75) is 39.4 Å². The number of hydrogen-bond acceptors (Lipinski definition) is 6. The van der Waals surface area contributed by atoms with Crippen LogP contribution in [-0.4, -0.2) is 39.9 Å². The largest absolute Gasteiger partial charge is 0.455 e. The summed E-state index contributed by atoms with van der Waals surface area (Å²) in [4.78, 5) is 36.6. The molecule has 2 N–H and O–H groups in total. The first kappa shape index (κ1) is 23.5. The van der Waals surface area contributed by atoms with Crippen molar-refractivity contribution in [1.82, 2.24) is 9.97 Å². The highest BCUT2D eigenvalue weighted by molar-refractivity contribution is 6.38. The number of ether oxygens (including phenoxy) is 2. The van der Waals surface area contributed by atoms with E-state index in [0.717, 1.165) is 16.5 Å². The fourth-order valence-electron chi connectivity index (χ4n) is 3.50. The number of hydrogen-bond donors (Lipinski definition) is 2. The molecule has 3 heterocycles. The van der Waals surface area contributed by atoms with E-state index in [1.165, 1.54) is 0 Å². The third-order valence-corrected chi connectivity index (χ3v) is 5.42. The van der Waals surface area contributed by atoms with Gasteiger partial charge in [-0.05, 0) is 38.5 Å². The van der Waals surface area contributed by atoms with E-state index in [4.69, 9.17) is 21.1 Å². The van der Waals surface area contributed by atoms with Gasteiger partial charge in [-0.25, -0.2) is 14.6 Å². The van der Waals surface area contributed by atoms with Crippen LogP contribution in [0.5, 0.6) is 0 Å². The number of dihydropyridines is 1. The van der Waals surface area contributed by atoms with Crippen molar-refractivity contribution in [3.63, 3.8) is 0 Å². The van der Waals surface area contributed by atoms with Gasteiger partial charge in [0.2, 0.25) is 0 Å². The van der Waals surface area contributed by atoms with E-state index in [2.05, 4.69) is 20.3 Å². The Morgan fingerprint density at radius 3 is 2.79 bits per heavy atom. The lowest BCUT2D eigenvalue weighted by molar-refractivity contribution is -0.146. The number of halogens is 1. The third-order valence-electron chi connectivity index (χ3n) is 5.05. The zero-order valence-electron chi connectivity index (χ0n) is 19.1. The number of aromatic nitrogens is 2. The molecule has 0 aliphatic carbocycles. The average Bonchev–Trinajstić information content (AvgIpc) is 3.21. The Balaban J connectivity index is 1.46. The number of esters is 1. The third kappa shape index (κ3) is 5.63. The van der Waals surface area contributed by atoms with Gasteiger partial charge in [-0.15, -0.1) is 0 Å². The number of carbonyl (C=O) groups is 2. The highest BCUT2D eigenvalue weighted by atomic mass is 35.5. The van der Waals surface area contributed by atoms with Gasteiger partial charge in [-0.2, -0.15) is 0 Å². The van der Waals surface area contributed by atoms with Crippen LogP contribution >= 0.6 is 11.6 Å². The molecule has 1 aromatic carbocycles. The van der Waals surface area contributed by atoms with Crippen LogP contribution in [0.25, 0.3) is 16.6 Å². The Labute approximate surface area is 202 Å². The molecule has 8 nitrogen and oxygen atoms in total. The molecule has 1 aliphatic heterocycles. The number of carbonyl (C=O) groups excluding carboxylic acids is 2. The summed E-state index contributed by atoms with van der Waals surface area (Å²) in [6, 6.07) is 8.98. The zero-order valence-corrected chi connectivity index (χ0v) is 19.9. The topological polar surface area (TPSA) is 106 Å². The average molecular weight is 481 g/mol. The molecule has 0 atom stereocenters. The lowest BCUT2D eigenvalue weighted by Gasteiger charge is -2.21. The zero-order chi connectivity index (χ0) is 24.3. The van der Waals surface area contributed by atoms with E-state index in [9.17, 15) is 9.59 Å². The van der Waals surface area contributed by atoms with E-state index >= 15 is 0 Å². The first-order valence-corrected chi connectivity index (χ1v) is 11.2. The highest BCUT2D eigenvalue weighted by Gasteiger charge is 2.24. The summed E-state index contributed by atoms with van der Waals surface area (Å²) in [6.45, 7) is 5.91. The summed E-state index contributed by atoms with van der Waals surface area (Å²) in [5.74, 6) is -0.417. The quantitative estimate of drug-likeness (QED) is 0.467. The van der Waals surface area contributed by atoms with Gasteiger partial charge in [0.05, 0.1) is 18.4 Å². The van der Waals surface area contributed by atoms with Crippen molar-refractivity contribution >= 4 is 51.7 Å². The Kier molecular flexibility index (Phi) is 6.70. The predicted octanol–water partition coefficient (Wildman–Crippen LogP) is 5.53. The van der Waals surface area contributed by atoms with Crippen LogP contribution in [0, 0.1) is 0 Å². The fourth-order valence-corrected chi connectivity index (χ4v) is 3.69. The Morgan fingerprint density at radius 1 is 1.24 bits per heavy atom. The van der Waals surface area contributed by atoms with Gasteiger partial charge >= 0.3 is 12.1 Å². The number of aromatic amines is 1. The maximum atomic E-state index is 12.5. The van der Waals surface area contributed by atoms with Gasteiger partial charge in [0, 0.05) is 34.2 Å². The molecule has 3 aromatic rings. The van der Waals surface area contributed by atoms with Gasteiger partial charge in [0.25, 0.3) is 0 Å². The van der Waals surface area contributed by atoms with Crippen LogP contribution in [-0.2, 0) is 20.9 Å². The number of H-pyrrole nitrogens is 1. The minimum atomic E-state index is -0.616. The summed E-state index contributed by atoms with van der Waals surface area (Å²) < 4.78 is 10.8. The molecule has 4 rings (SSSR count). The number of pyridine rings is 1. The molecular formula is C25H25ClN4O4. The molecule has 0 spiro atoms. The molecule has 0 bridgehead atoms.